The third kappa shape index (κ3) is 2.23. The fourth-order valence-corrected chi connectivity index (χ4v) is 2.50. The predicted molar refractivity (Wildman–Crippen MR) is 66.9 cm³/mol. The Hall–Kier alpha value is -1.26. The molecule has 2 rings (SSSR count). The molecule has 1 aliphatic heterocycles. The summed E-state index contributed by atoms with van der Waals surface area (Å²) in [5.74, 6) is 0.738. The fourth-order valence-electron chi connectivity index (χ4n) is 2.50. The van der Waals surface area contributed by atoms with Crippen LogP contribution >= 0.6 is 0 Å². The fraction of sp³-hybridized carbons (Fsp3) is 0.538. The highest BCUT2D eigenvalue weighted by Gasteiger charge is 2.31. The van der Waals surface area contributed by atoms with Gasteiger partial charge in [-0.05, 0) is 25.0 Å². The first-order chi connectivity index (χ1) is 8.00. The van der Waals surface area contributed by atoms with Gasteiger partial charge in [0.1, 0.15) is 11.5 Å². The summed E-state index contributed by atoms with van der Waals surface area (Å²) in [6.07, 6.45) is 0. The van der Waals surface area contributed by atoms with Crippen LogP contribution in [0.25, 0.3) is 0 Å². The lowest BCUT2D eigenvalue weighted by Crippen LogP contribution is -2.29. The summed E-state index contributed by atoms with van der Waals surface area (Å²) in [5, 5.41) is 19.7. The minimum Gasteiger partial charge on any atom is -0.507 e. The van der Waals surface area contributed by atoms with Crippen molar-refractivity contribution in [2.75, 3.05) is 13.1 Å². The molecular formula is C13H20N2O2. The summed E-state index contributed by atoms with van der Waals surface area (Å²) in [7, 11) is 0. The first-order valence-electron chi connectivity index (χ1n) is 6.01. The number of phenolic OH excluding ortho intramolecular Hbond substituents is 2. The van der Waals surface area contributed by atoms with Crippen LogP contribution in [-0.2, 0) is 0 Å². The number of benzene rings is 1. The van der Waals surface area contributed by atoms with E-state index in [1.54, 1.807) is 18.2 Å². The molecule has 94 valence electrons. The van der Waals surface area contributed by atoms with Crippen LogP contribution in [-0.4, -0.2) is 34.2 Å². The Labute approximate surface area is 102 Å². The van der Waals surface area contributed by atoms with E-state index in [9.17, 15) is 10.2 Å². The SMILES string of the molecule is CC1CN(C(C)c2c(O)cccc2O)CC1N. The molecule has 1 saturated heterocycles. The van der Waals surface area contributed by atoms with E-state index in [0.717, 1.165) is 13.1 Å². The van der Waals surface area contributed by atoms with Crippen molar-refractivity contribution in [2.24, 2.45) is 11.7 Å². The topological polar surface area (TPSA) is 69.7 Å². The van der Waals surface area contributed by atoms with Crippen LogP contribution in [0.1, 0.15) is 25.5 Å². The lowest BCUT2D eigenvalue weighted by molar-refractivity contribution is 0.243. The van der Waals surface area contributed by atoms with Crippen LogP contribution in [0.15, 0.2) is 18.2 Å². The van der Waals surface area contributed by atoms with Gasteiger partial charge in [-0.3, -0.25) is 4.90 Å². The van der Waals surface area contributed by atoms with Crippen molar-refractivity contribution in [1.29, 1.82) is 0 Å². The van der Waals surface area contributed by atoms with Gasteiger partial charge in [-0.1, -0.05) is 13.0 Å². The van der Waals surface area contributed by atoms with Gasteiger partial charge < -0.3 is 15.9 Å². The minimum absolute atomic E-state index is 0.0211. The molecule has 17 heavy (non-hydrogen) atoms. The maximum atomic E-state index is 9.84. The van der Waals surface area contributed by atoms with Gasteiger partial charge in [-0.15, -0.1) is 0 Å². The monoisotopic (exact) mass is 236 g/mol. The van der Waals surface area contributed by atoms with E-state index in [0.29, 0.717) is 11.5 Å². The Morgan fingerprint density at radius 3 is 2.35 bits per heavy atom. The maximum Gasteiger partial charge on any atom is 0.124 e. The molecule has 4 N–H and O–H groups in total. The minimum atomic E-state index is -0.0211. The van der Waals surface area contributed by atoms with Gasteiger partial charge in [-0.2, -0.15) is 0 Å². The van der Waals surface area contributed by atoms with Crippen LogP contribution in [0.4, 0.5) is 0 Å². The van der Waals surface area contributed by atoms with E-state index >= 15 is 0 Å². The van der Waals surface area contributed by atoms with Gasteiger partial charge in [0.05, 0.1) is 5.56 Å². The average molecular weight is 236 g/mol. The highest BCUT2D eigenvalue weighted by Crippen LogP contribution is 2.37. The molecule has 4 heteroatoms. The van der Waals surface area contributed by atoms with Crippen LogP contribution in [0.5, 0.6) is 11.5 Å². The smallest absolute Gasteiger partial charge is 0.124 e. The molecule has 1 aliphatic rings. The van der Waals surface area contributed by atoms with E-state index in [2.05, 4.69) is 11.8 Å². The third-order valence-corrected chi connectivity index (χ3v) is 3.72. The summed E-state index contributed by atoms with van der Waals surface area (Å²) in [6.45, 7) is 5.81. The zero-order valence-electron chi connectivity index (χ0n) is 10.3. The standard InChI is InChI=1S/C13H20N2O2/c1-8-6-15(7-10(8)14)9(2)13-11(16)4-3-5-12(13)17/h3-5,8-10,16-17H,6-7,14H2,1-2H3. The first kappa shape index (κ1) is 12.2. The van der Waals surface area contributed by atoms with Gasteiger partial charge in [0.2, 0.25) is 0 Å². The van der Waals surface area contributed by atoms with Crippen LogP contribution in [0, 0.1) is 5.92 Å². The van der Waals surface area contributed by atoms with Crippen molar-refractivity contribution in [3.05, 3.63) is 23.8 Å². The highest BCUT2D eigenvalue weighted by molar-refractivity contribution is 5.45. The van der Waals surface area contributed by atoms with E-state index in [4.69, 9.17) is 5.73 Å². The Bertz CT molecular complexity index is 378. The molecule has 3 unspecified atom stereocenters. The number of likely N-dealkylation sites (tertiary alicyclic amines) is 1. The number of phenols is 2. The summed E-state index contributed by atoms with van der Waals surface area (Å²) in [4.78, 5) is 2.20. The first-order valence-corrected chi connectivity index (χ1v) is 6.01. The van der Waals surface area contributed by atoms with Crippen molar-refractivity contribution in [3.8, 4) is 11.5 Å². The van der Waals surface area contributed by atoms with E-state index in [-0.39, 0.29) is 23.6 Å². The molecule has 1 fully saturated rings. The Kier molecular flexibility index (Phi) is 3.26. The van der Waals surface area contributed by atoms with Gasteiger partial charge in [0.15, 0.2) is 0 Å². The van der Waals surface area contributed by atoms with Crippen LogP contribution < -0.4 is 5.73 Å². The van der Waals surface area contributed by atoms with Crippen molar-refractivity contribution in [1.82, 2.24) is 4.90 Å². The molecule has 1 aromatic rings. The Balaban J connectivity index is 2.23. The molecule has 0 bridgehead atoms. The number of hydrogen-bond donors (Lipinski definition) is 3. The summed E-state index contributed by atoms with van der Waals surface area (Å²) in [5.41, 5.74) is 6.59. The maximum absolute atomic E-state index is 9.84. The van der Waals surface area contributed by atoms with E-state index in [1.807, 2.05) is 6.92 Å². The molecule has 0 aromatic heterocycles. The number of aromatic hydroxyl groups is 2. The van der Waals surface area contributed by atoms with Gasteiger partial charge >= 0.3 is 0 Å². The molecule has 0 amide bonds. The number of hydrogen-bond acceptors (Lipinski definition) is 4. The van der Waals surface area contributed by atoms with Crippen molar-refractivity contribution in [2.45, 2.75) is 25.9 Å². The average Bonchev–Trinajstić information content (AvgIpc) is 2.59. The zero-order chi connectivity index (χ0) is 12.6. The molecule has 1 heterocycles. The summed E-state index contributed by atoms with van der Waals surface area (Å²) >= 11 is 0. The molecule has 4 nitrogen and oxygen atoms in total. The van der Waals surface area contributed by atoms with Gasteiger partial charge in [-0.25, -0.2) is 0 Å². The number of rotatable bonds is 2. The Morgan fingerprint density at radius 1 is 1.29 bits per heavy atom. The summed E-state index contributed by atoms with van der Waals surface area (Å²) in [6, 6.07) is 4.99. The highest BCUT2D eigenvalue weighted by atomic mass is 16.3. The molecular weight excluding hydrogens is 216 g/mol. The normalized spacial score (nSPS) is 27.2. The number of nitrogens with zero attached hydrogens (tertiary/aromatic N) is 1. The van der Waals surface area contributed by atoms with Crippen LogP contribution in [0.3, 0.4) is 0 Å². The quantitative estimate of drug-likeness (QED) is 0.726. The van der Waals surface area contributed by atoms with Crippen molar-refractivity contribution < 1.29 is 10.2 Å². The molecule has 3 atom stereocenters. The van der Waals surface area contributed by atoms with E-state index < -0.39 is 0 Å². The van der Waals surface area contributed by atoms with E-state index in [1.165, 1.54) is 0 Å². The third-order valence-electron chi connectivity index (χ3n) is 3.72. The second kappa shape index (κ2) is 4.55. The number of nitrogens with two attached hydrogens (primary N) is 1. The Morgan fingerprint density at radius 2 is 1.88 bits per heavy atom. The predicted octanol–water partition coefficient (Wildman–Crippen LogP) is 1.44. The van der Waals surface area contributed by atoms with Crippen LogP contribution in [0.2, 0.25) is 0 Å². The van der Waals surface area contributed by atoms with Gasteiger partial charge in [0, 0.05) is 25.2 Å². The van der Waals surface area contributed by atoms with Crippen molar-refractivity contribution in [3.63, 3.8) is 0 Å². The zero-order valence-corrected chi connectivity index (χ0v) is 10.3. The van der Waals surface area contributed by atoms with Gasteiger partial charge in [0.25, 0.3) is 0 Å². The molecule has 0 aliphatic carbocycles. The summed E-state index contributed by atoms with van der Waals surface area (Å²) < 4.78 is 0. The second-order valence-electron chi connectivity index (χ2n) is 4.98. The lowest BCUT2D eigenvalue weighted by Gasteiger charge is -2.25. The van der Waals surface area contributed by atoms with Crippen molar-refractivity contribution >= 4 is 0 Å². The molecule has 1 aromatic carbocycles. The largest absolute Gasteiger partial charge is 0.507 e. The molecule has 0 saturated carbocycles. The molecule has 0 spiro atoms. The molecule has 0 radical (unpaired) electrons. The lowest BCUT2D eigenvalue weighted by atomic mass is 10.0. The second-order valence-corrected chi connectivity index (χ2v) is 4.98.